The monoisotopic (exact) mass is 302 g/mol. The molecular formula is C13H14N6O3. The highest BCUT2D eigenvalue weighted by Crippen LogP contribution is 2.47. The number of carbonyl (C=O) groups excluding carboxylic acids is 1. The number of nitrogens with two attached hydrogens (primary N) is 1. The van der Waals surface area contributed by atoms with E-state index in [1.54, 1.807) is 4.57 Å². The van der Waals surface area contributed by atoms with Crippen LogP contribution in [0.15, 0.2) is 12.7 Å². The maximum atomic E-state index is 12.5. The number of likely N-dealkylation sites (tertiary alicyclic amines) is 1. The molecule has 1 amide bonds. The molecular weight excluding hydrogens is 288 g/mol. The maximum Gasteiger partial charge on any atom is 0.326 e. The topological polar surface area (TPSA) is 127 Å². The van der Waals surface area contributed by atoms with Crippen molar-refractivity contribution >= 4 is 28.9 Å². The average molecular weight is 302 g/mol. The van der Waals surface area contributed by atoms with E-state index in [-0.39, 0.29) is 24.3 Å². The number of hydrogen-bond acceptors (Lipinski definition) is 6. The Morgan fingerprint density at radius 1 is 1.32 bits per heavy atom. The van der Waals surface area contributed by atoms with Crippen LogP contribution in [0.1, 0.15) is 12.8 Å². The quantitative estimate of drug-likeness (QED) is 0.781. The predicted octanol–water partition coefficient (Wildman–Crippen LogP) is -0.518. The van der Waals surface area contributed by atoms with Crippen LogP contribution in [0.25, 0.3) is 11.2 Å². The Morgan fingerprint density at radius 3 is 2.91 bits per heavy atom. The van der Waals surface area contributed by atoms with Crippen LogP contribution in [0.4, 0.5) is 5.82 Å². The lowest BCUT2D eigenvalue weighted by molar-refractivity contribution is -0.149. The van der Waals surface area contributed by atoms with Crippen LogP contribution in [0, 0.1) is 5.92 Å². The van der Waals surface area contributed by atoms with E-state index in [0.717, 1.165) is 6.42 Å². The molecule has 2 aromatic rings. The van der Waals surface area contributed by atoms with Gasteiger partial charge in [-0.25, -0.2) is 19.7 Å². The summed E-state index contributed by atoms with van der Waals surface area (Å²) in [5.41, 5.74) is 6.63. The fraction of sp³-hybridized carbons (Fsp3) is 0.462. The number of fused-ring (bicyclic) bond motifs is 2. The zero-order chi connectivity index (χ0) is 15.4. The molecule has 1 aliphatic heterocycles. The van der Waals surface area contributed by atoms with E-state index in [1.165, 1.54) is 17.6 Å². The van der Waals surface area contributed by atoms with Gasteiger partial charge in [-0.1, -0.05) is 0 Å². The number of carboxylic acids is 1. The molecule has 1 aliphatic carbocycles. The molecule has 0 bridgehead atoms. The zero-order valence-corrected chi connectivity index (χ0v) is 11.6. The van der Waals surface area contributed by atoms with E-state index in [4.69, 9.17) is 5.73 Å². The number of carboxylic acid groups (broad SMARTS) is 1. The summed E-state index contributed by atoms with van der Waals surface area (Å²) in [7, 11) is 0. The number of nitrogen functional groups attached to an aromatic ring is 1. The van der Waals surface area contributed by atoms with Gasteiger partial charge in [0.05, 0.1) is 6.33 Å². The van der Waals surface area contributed by atoms with Gasteiger partial charge in [-0.15, -0.1) is 0 Å². The molecule has 2 aromatic heterocycles. The minimum absolute atomic E-state index is 0.0000463. The van der Waals surface area contributed by atoms with Crippen molar-refractivity contribution in [3.05, 3.63) is 12.7 Å². The van der Waals surface area contributed by atoms with Gasteiger partial charge in [-0.2, -0.15) is 0 Å². The number of hydrogen-bond donors (Lipinski definition) is 2. The Bertz CT molecular complexity index is 787. The summed E-state index contributed by atoms with van der Waals surface area (Å²) in [5.74, 6) is -0.581. The highest BCUT2D eigenvalue weighted by Gasteiger charge is 2.56. The fourth-order valence-electron chi connectivity index (χ4n) is 3.28. The molecule has 2 fully saturated rings. The van der Waals surface area contributed by atoms with Gasteiger partial charge in [0.2, 0.25) is 5.91 Å². The lowest BCUT2D eigenvalue weighted by Crippen LogP contribution is -2.44. The van der Waals surface area contributed by atoms with Crippen molar-refractivity contribution in [2.45, 2.75) is 31.5 Å². The molecule has 3 heterocycles. The number of nitrogens with zero attached hydrogens (tertiary/aromatic N) is 5. The molecule has 0 spiro atoms. The van der Waals surface area contributed by atoms with E-state index in [2.05, 4.69) is 15.0 Å². The molecule has 114 valence electrons. The largest absolute Gasteiger partial charge is 0.480 e. The van der Waals surface area contributed by atoms with Gasteiger partial charge in [0.1, 0.15) is 24.4 Å². The molecule has 22 heavy (non-hydrogen) atoms. The third kappa shape index (κ3) is 1.81. The van der Waals surface area contributed by atoms with Gasteiger partial charge in [0.15, 0.2) is 11.5 Å². The Hall–Kier alpha value is -2.71. The molecule has 3 N–H and O–H groups in total. The number of carbonyl (C=O) groups is 2. The van der Waals surface area contributed by atoms with Crippen LogP contribution in [-0.4, -0.2) is 53.5 Å². The van der Waals surface area contributed by atoms with Crippen molar-refractivity contribution in [2.24, 2.45) is 5.92 Å². The number of aliphatic carboxylic acids is 1. The lowest BCUT2D eigenvalue weighted by Gasteiger charge is -2.24. The summed E-state index contributed by atoms with van der Waals surface area (Å²) in [6.45, 7) is -0.0000463. The van der Waals surface area contributed by atoms with Crippen LogP contribution in [0.2, 0.25) is 0 Å². The molecule has 9 nitrogen and oxygen atoms in total. The molecule has 0 aromatic carbocycles. The SMILES string of the molecule is Nc1ncnc2c1ncn2CC(=O)N1[C@@H]2CC2C[C@H]1C(=O)O. The van der Waals surface area contributed by atoms with E-state index < -0.39 is 12.0 Å². The van der Waals surface area contributed by atoms with Crippen LogP contribution in [0.5, 0.6) is 0 Å². The van der Waals surface area contributed by atoms with Gasteiger partial charge < -0.3 is 20.3 Å². The second kappa shape index (κ2) is 4.39. The van der Waals surface area contributed by atoms with Crippen LogP contribution in [0.3, 0.4) is 0 Å². The average Bonchev–Trinajstić information content (AvgIpc) is 2.94. The van der Waals surface area contributed by atoms with Crippen LogP contribution in [-0.2, 0) is 16.1 Å². The fourth-order valence-corrected chi connectivity index (χ4v) is 3.28. The molecule has 1 saturated heterocycles. The van der Waals surface area contributed by atoms with E-state index >= 15 is 0 Å². The van der Waals surface area contributed by atoms with Crippen molar-refractivity contribution in [2.75, 3.05) is 5.73 Å². The number of anilines is 1. The summed E-state index contributed by atoms with van der Waals surface area (Å²) in [6.07, 6.45) is 4.23. The van der Waals surface area contributed by atoms with Crippen molar-refractivity contribution in [3.8, 4) is 0 Å². The number of piperidine rings is 1. The van der Waals surface area contributed by atoms with Gasteiger partial charge in [-0.05, 0) is 18.8 Å². The minimum atomic E-state index is -0.942. The first-order chi connectivity index (χ1) is 10.6. The third-order valence-corrected chi connectivity index (χ3v) is 4.41. The predicted molar refractivity (Wildman–Crippen MR) is 74.5 cm³/mol. The van der Waals surface area contributed by atoms with Gasteiger partial charge in [0, 0.05) is 6.04 Å². The van der Waals surface area contributed by atoms with E-state index in [1.807, 2.05) is 0 Å². The highest BCUT2D eigenvalue weighted by molar-refractivity contribution is 5.87. The maximum absolute atomic E-state index is 12.5. The third-order valence-electron chi connectivity index (χ3n) is 4.41. The number of aromatic nitrogens is 4. The molecule has 1 unspecified atom stereocenters. The van der Waals surface area contributed by atoms with E-state index in [0.29, 0.717) is 23.5 Å². The van der Waals surface area contributed by atoms with Crippen molar-refractivity contribution < 1.29 is 14.7 Å². The Morgan fingerprint density at radius 2 is 2.14 bits per heavy atom. The summed E-state index contributed by atoms with van der Waals surface area (Å²) < 4.78 is 1.57. The second-order valence-electron chi connectivity index (χ2n) is 5.76. The van der Waals surface area contributed by atoms with Gasteiger partial charge in [-0.3, -0.25) is 4.79 Å². The highest BCUT2D eigenvalue weighted by atomic mass is 16.4. The van der Waals surface area contributed by atoms with Gasteiger partial charge in [0.25, 0.3) is 0 Å². The van der Waals surface area contributed by atoms with Gasteiger partial charge >= 0.3 is 5.97 Å². The molecule has 1 saturated carbocycles. The summed E-state index contributed by atoms with van der Waals surface area (Å²) in [4.78, 5) is 37.4. The summed E-state index contributed by atoms with van der Waals surface area (Å²) in [5, 5.41) is 9.25. The first kappa shape index (κ1) is 13.0. The molecule has 0 radical (unpaired) electrons. The zero-order valence-electron chi connectivity index (χ0n) is 11.6. The first-order valence-corrected chi connectivity index (χ1v) is 7.01. The Kier molecular flexibility index (Phi) is 2.59. The van der Waals surface area contributed by atoms with E-state index in [9.17, 15) is 14.7 Å². The number of amides is 1. The molecule has 3 atom stereocenters. The number of rotatable bonds is 3. The molecule has 9 heteroatoms. The number of imidazole rings is 1. The van der Waals surface area contributed by atoms with Crippen LogP contribution >= 0.6 is 0 Å². The van der Waals surface area contributed by atoms with Crippen molar-refractivity contribution in [3.63, 3.8) is 0 Å². The Balaban J connectivity index is 1.61. The summed E-state index contributed by atoms with van der Waals surface area (Å²) in [6, 6.07) is -0.645. The first-order valence-electron chi connectivity index (χ1n) is 7.01. The Labute approximate surface area is 124 Å². The lowest BCUT2D eigenvalue weighted by atomic mass is 10.1. The molecule has 4 rings (SSSR count). The normalized spacial score (nSPS) is 26.2. The van der Waals surface area contributed by atoms with Crippen LogP contribution < -0.4 is 5.73 Å². The summed E-state index contributed by atoms with van der Waals surface area (Å²) >= 11 is 0. The smallest absolute Gasteiger partial charge is 0.326 e. The van der Waals surface area contributed by atoms with Crippen molar-refractivity contribution in [1.29, 1.82) is 0 Å². The van der Waals surface area contributed by atoms with Crippen molar-refractivity contribution in [1.82, 2.24) is 24.4 Å². The second-order valence-corrected chi connectivity index (χ2v) is 5.76. The molecule has 2 aliphatic rings. The standard InChI is InChI=1S/C13H14N6O3/c14-11-10-12(16-4-15-11)18(5-17-10)3-9(20)19-7-1-6(7)2-8(19)13(21)22/h4-8H,1-3H2,(H,21,22)(H2,14,15,16)/t6?,7-,8+/m1/s1. The minimum Gasteiger partial charge on any atom is -0.480 e.